The Morgan fingerprint density at radius 1 is 0.897 bits per heavy atom. The molecular formula is C23H30N2O4. The molecule has 0 aliphatic rings. The average molecular weight is 399 g/mol. The minimum Gasteiger partial charge on any atom is -0.491 e. The Morgan fingerprint density at radius 2 is 1.62 bits per heavy atom. The van der Waals surface area contributed by atoms with Crippen LogP contribution in [0.3, 0.4) is 0 Å². The summed E-state index contributed by atoms with van der Waals surface area (Å²) in [7, 11) is 0. The fourth-order valence-electron chi connectivity index (χ4n) is 2.70. The van der Waals surface area contributed by atoms with E-state index in [-0.39, 0.29) is 11.8 Å². The molecule has 2 aromatic rings. The van der Waals surface area contributed by atoms with Crippen LogP contribution in [0.15, 0.2) is 48.5 Å². The molecule has 0 heterocycles. The molecule has 0 aliphatic heterocycles. The number of rotatable bonds is 12. The second-order valence-corrected chi connectivity index (χ2v) is 6.61. The smallest absolute Gasteiger partial charge is 0.255 e. The Bertz CT molecular complexity index is 775. The van der Waals surface area contributed by atoms with Gasteiger partial charge in [-0.15, -0.1) is 0 Å². The lowest BCUT2D eigenvalue weighted by atomic mass is 10.2. The lowest BCUT2D eigenvalue weighted by Crippen LogP contribution is -2.13. The van der Waals surface area contributed by atoms with Crippen molar-refractivity contribution in [3.05, 3.63) is 54.1 Å². The molecule has 2 N–H and O–H groups in total. The molecule has 0 radical (unpaired) electrons. The van der Waals surface area contributed by atoms with Gasteiger partial charge in [-0.1, -0.05) is 25.8 Å². The number of unbranched alkanes of at least 4 members (excludes halogenated alkanes) is 2. The van der Waals surface area contributed by atoms with Gasteiger partial charge in [0.05, 0.1) is 6.61 Å². The fraction of sp³-hybridized carbons (Fsp3) is 0.391. The summed E-state index contributed by atoms with van der Waals surface area (Å²) in [5, 5.41) is 5.73. The fourth-order valence-corrected chi connectivity index (χ4v) is 2.70. The minimum atomic E-state index is -0.225. The summed E-state index contributed by atoms with van der Waals surface area (Å²) in [6.45, 7) is 5.70. The lowest BCUT2D eigenvalue weighted by Gasteiger charge is -2.10. The molecule has 2 rings (SSSR count). The highest BCUT2D eigenvalue weighted by molar-refractivity contribution is 6.04. The molecule has 0 saturated carbocycles. The van der Waals surface area contributed by atoms with Gasteiger partial charge >= 0.3 is 0 Å². The molecule has 0 aliphatic carbocycles. The molecule has 2 amide bonds. The largest absolute Gasteiger partial charge is 0.491 e. The van der Waals surface area contributed by atoms with Crippen LogP contribution >= 0.6 is 0 Å². The summed E-state index contributed by atoms with van der Waals surface area (Å²) < 4.78 is 10.8. The Hall–Kier alpha value is -2.86. The third kappa shape index (κ3) is 8.35. The molecule has 156 valence electrons. The van der Waals surface area contributed by atoms with Gasteiger partial charge < -0.3 is 20.1 Å². The first-order chi connectivity index (χ1) is 14.1. The topological polar surface area (TPSA) is 76.7 Å². The van der Waals surface area contributed by atoms with E-state index in [0.717, 1.165) is 19.3 Å². The molecular weight excluding hydrogens is 368 g/mol. The van der Waals surface area contributed by atoms with E-state index in [9.17, 15) is 9.59 Å². The van der Waals surface area contributed by atoms with Crippen molar-refractivity contribution in [3.63, 3.8) is 0 Å². The Balaban J connectivity index is 1.87. The maximum Gasteiger partial charge on any atom is 0.255 e. The Kier molecular flexibility index (Phi) is 9.72. The van der Waals surface area contributed by atoms with Crippen LogP contribution in [0, 0.1) is 0 Å². The van der Waals surface area contributed by atoms with E-state index < -0.39 is 0 Å². The normalized spacial score (nSPS) is 10.4. The van der Waals surface area contributed by atoms with Crippen LogP contribution < -0.4 is 15.4 Å². The highest BCUT2D eigenvalue weighted by Crippen LogP contribution is 2.18. The molecule has 0 unspecified atom stereocenters. The van der Waals surface area contributed by atoms with Crippen molar-refractivity contribution in [3.8, 4) is 5.75 Å². The Labute approximate surface area is 172 Å². The molecule has 6 nitrogen and oxygen atoms in total. The summed E-state index contributed by atoms with van der Waals surface area (Å²) in [6, 6.07) is 14.1. The van der Waals surface area contributed by atoms with Crippen molar-refractivity contribution in [1.29, 1.82) is 0 Å². The quantitative estimate of drug-likeness (QED) is 0.500. The highest BCUT2D eigenvalue weighted by atomic mass is 16.5. The van der Waals surface area contributed by atoms with E-state index in [1.54, 1.807) is 42.5 Å². The first-order valence-electron chi connectivity index (χ1n) is 10.1. The zero-order chi connectivity index (χ0) is 20.9. The van der Waals surface area contributed by atoms with Crippen LogP contribution in [0.25, 0.3) is 0 Å². The van der Waals surface area contributed by atoms with Crippen molar-refractivity contribution in [1.82, 2.24) is 0 Å². The maximum atomic E-state index is 12.5. The van der Waals surface area contributed by atoms with Gasteiger partial charge in [0.1, 0.15) is 12.4 Å². The minimum absolute atomic E-state index is 0.0122. The van der Waals surface area contributed by atoms with Crippen LogP contribution in [-0.2, 0) is 9.53 Å². The third-order valence-electron chi connectivity index (χ3n) is 4.23. The molecule has 29 heavy (non-hydrogen) atoms. The summed E-state index contributed by atoms with van der Waals surface area (Å²) >= 11 is 0. The van der Waals surface area contributed by atoms with Crippen molar-refractivity contribution in [2.24, 2.45) is 0 Å². The summed E-state index contributed by atoms with van der Waals surface area (Å²) in [6.07, 6.45) is 3.50. The van der Waals surface area contributed by atoms with E-state index in [1.165, 1.54) is 0 Å². The zero-order valence-electron chi connectivity index (χ0n) is 17.2. The highest BCUT2D eigenvalue weighted by Gasteiger charge is 2.08. The van der Waals surface area contributed by atoms with E-state index in [2.05, 4.69) is 17.6 Å². The average Bonchev–Trinajstić information content (AvgIpc) is 2.72. The summed E-state index contributed by atoms with van der Waals surface area (Å²) in [4.78, 5) is 24.4. The summed E-state index contributed by atoms with van der Waals surface area (Å²) in [5.41, 5.74) is 1.82. The number of nitrogens with one attached hydrogen (secondary N) is 2. The van der Waals surface area contributed by atoms with E-state index in [1.807, 2.05) is 13.0 Å². The first kappa shape index (κ1) is 22.4. The molecule has 0 saturated heterocycles. The van der Waals surface area contributed by atoms with Gasteiger partial charge in [-0.25, -0.2) is 0 Å². The van der Waals surface area contributed by atoms with Crippen LogP contribution in [0.2, 0.25) is 0 Å². The molecule has 0 fully saturated rings. The predicted molar refractivity (Wildman–Crippen MR) is 116 cm³/mol. The maximum absolute atomic E-state index is 12.5. The van der Waals surface area contributed by atoms with Crippen LogP contribution in [-0.4, -0.2) is 31.6 Å². The van der Waals surface area contributed by atoms with Crippen LogP contribution in [0.1, 0.15) is 49.9 Å². The lowest BCUT2D eigenvalue weighted by molar-refractivity contribution is -0.116. The standard InChI is InChI=1S/C23H30N2O4/c1-3-5-6-10-22(26)24-19-8-7-9-20(17-19)25-23(27)18-11-13-21(14-12-18)29-16-15-28-4-2/h7-9,11-14,17H,3-6,10,15-16H2,1-2H3,(H,24,26)(H,25,27). The second-order valence-electron chi connectivity index (χ2n) is 6.61. The van der Waals surface area contributed by atoms with Crippen molar-refractivity contribution in [2.75, 3.05) is 30.5 Å². The van der Waals surface area contributed by atoms with Crippen LogP contribution in [0.4, 0.5) is 11.4 Å². The van der Waals surface area contributed by atoms with Crippen molar-refractivity contribution in [2.45, 2.75) is 39.5 Å². The van der Waals surface area contributed by atoms with Gasteiger partial charge in [-0.3, -0.25) is 9.59 Å². The molecule has 0 aromatic heterocycles. The molecule has 0 spiro atoms. The molecule has 6 heteroatoms. The predicted octanol–water partition coefficient (Wildman–Crippen LogP) is 4.87. The number of hydrogen-bond donors (Lipinski definition) is 2. The molecule has 0 bridgehead atoms. The van der Waals surface area contributed by atoms with Gasteiger partial charge in [0.25, 0.3) is 5.91 Å². The van der Waals surface area contributed by atoms with Gasteiger partial charge in [-0.05, 0) is 55.8 Å². The van der Waals surface area contributed by atoms with E-state index in [4.69, 9.17) is 9.47 Å². The number of ether oxygens (including phenoxy) is 2. The molecule has 2 aromatic carbocycles. The van der Waals surface area contributed by atoms with Crippen molar-refractivity contribution < 1.29 is 19.1 Å². The van der Waals surface area contributed by atoms with Crippen molar-refractivity contribution >= 4 is 23.2 Å². The van der Waals surface area contributed by atoms with Gasteiger partial charge in [0.2, 0.25) is 5.91 Å². The van der Waals surface area contributed by atoms with Gasteiger partial charge in [-0.2, -0.15) is 0 Å². The van der Waals surface area contributed by atoms with Crippen LogP contribution in [0.5, 0.6) is 5.75 Å². The number of carbonyl (C=O) groups is 2. The molecule has 0 atom stereocenters. The number of amides is 2. The van der Waals surface area contributed by atoms with Gasteiger partial charge in [0.15, 0.2) is 0 Å². The zero-order valence-corrected chi connectivity index (χ0v) is 17.2. The second kappa shape index (κ2) is 12.6. The SMILES string of the molecule is CCCCCC(=O)Nc1cccc(NC(=O)c2ccc(OCCOCC)cc2)c1. The number of anilines is 2. The van der Waals surface area contributed by atoms with Gasteiger partial charge in [0, 0.05) is 30.0 Å². The number of carbonyl (C=O) groups excluding carboxylic acids is 2. The third-order valence-corrected chi connectivity index (χ3v) is 4.23. The number of hydrogen-bond acceptors (Lipinski definition) is 4. The van der Waals surface area contributed by atoms with E-state index in [0.29, 0.717) is 48.9 Å². The monoisotopic (exact) mass is 398 g/mol. The summed E-state index contributed by atoms with van der Waals surface area (Å²) in [5.74, 6) is 0.452. The Morgan fingerprint density at radius 3 is 2.31 bits per heavy atom. The number of benzene rings is 2. The van der Waals surface area contributed by atoms with E-state index >= 15 is 0 Å². The first-order valence-corrected chi connectivity index (χ1v) is 10.1.